The van der Waals surface area contributed by atoms with E-state index in [2.05, 4.69) is 9.99 Å². The summed E-state index contributed by atoms with van der Waals surface area (Å²) < 4.78 is 36.9. The van der Waals surface area contributed by atoms with Crippen molar-refractivity contribution in [3.8, 4) is 0 Å². The number of nitrogens with zero attached hydrogens (tertiary/aromatic N) is 1. The second kappa shape index (κ2) is 5.52. The maximum Gasteiger partial charge on any atom is 0.416 e. The Labute approximate surface area is 101 Å². The normalized spacial score (nSPS) is 12.3. The van der Waals surface area contributed by atoms with Gasteiger partial charge in [0.05, 0.1) is 11.3 Å². The molecule has 0 aliphatic rings. The Bertz CT molecular complexity index is 452. The molecule has 1 aromatic rings. The molecule has 1 rings (SSSR count). The standard InChI is InChI=1S/C11H10F3NO3/c1-7(15-18-6-10(16)17)8-2-4-9(5-3-8)11(12,13)14/h2-5H,6H2,1H3,(H,16,17)/b15-7+. The van der Waals surface area contributed by atoms with Gasteiger partial charge >= 0.3 is 12.1 Å². The van der Waals surface area contributed by atoms with Crippen molar-refractivity contribution in [2.45, 2.75) is 13.1 Å². The maximum absolute atomic E-state index is 12.3. The summed E-state index contributed by atoms with van der Waals surface area (Å²) in [6.07, 6.45) is -4.39. The van der Waals surface area contributed by atoms with Gasteiger partial charge in [0.2, 0.25) is 6.61 Å². The predicted molar refractivity (Wildman–Crippen MR) is 57.2 cm³/mol. The number of hydrogen-bond donors (Lipinski definition) is 1. The third-order valence-corrected chi connectivity index (χ3v) is 2.02. The Morgan fingerprint density at radius 1 is 1.33 bits per heavy atom. The van der Waals surface area contributed by atoms with E-state index in [0.717, 1.165) is 12.1 Å². The topological polar surface area (TPSA) is 58.9 Å². The average molecular weight is 261 g/mol. The average Bonchev–Trinajstić information content (AvgIpc) is 2.27. The van der Waals surface area contributed by atoms with Gasteiger partial charge in [-0.3, -0.25) is 0 Å². The molecule has 0 radical (unpaired) electrons. The number of halogens is 3. The van der Waals surface area contributed by atoms with Gasteiger partial charge in [-0.15, -0.1) is 0 Å². The molecule has 0 saturated heterocycles. The third-order valence-electron chi connectivity index (χ3n) is 2.02. The van der Waals surface area contributed by atoms with Crippen LogP contribution in [-0.2, 0) is 15.8 Å². The highest BCUT2D eigenvalue weighted by atomic mass is 19.4. The molecule has 0 spiro atoms. The highest BCUT2D eigenvalue weighted by Gasteiger charge is 2.29. The van der Waals surface area contributed by atoms with Gasteiger partial charge in [0.25, 0.3) is 0 Å². The second-order valence-electron chi connectivity index (χ2n) is 3.42. The van der Waals surface area contributed by atoms with Crippen LogP contribution in [-0.4, -0.2) is 23.4 Å². The molecule has 0 aliphatic heterocycles. The van der Waals surface area contributed by atoms with Gasteiger partial charge in [-0.2, -0.15) is 13.2 Å². The van der Waals surface area contributed by atoms with Gasteiger partial charge in [-0.25, -0.2) is 4.79 Å². The highest BCUT2D eigenvalue weighted by Crippen LogP contribution is 2.29. The van der Waals surface area contributed by atoms with Gasteiger partial charge in [0, 0.05) is 0 Å². The van der Waals surface area contributed by atoms with Crippen LogP contribution in [0.2, 0.25) is 0 Å². The number of alkyl halides is 3. The monoisotopic (exact) mass is 261 g/mol. The lowest BCUT2D eigenvalue weighted by molar-refractivity contribution is -0.142. The fraction of sp³-hybridized carbons (Fsp3) is 0.273. The van der Waals surface area contributed by atoms with Crippen LogP contribution in [0.1, 0.15) is 18.1 Å². The molecule has 0 aromatic heterocycles. The van der Waals surface area contributed by atoms with Crippen molar-refractivity contribution in [1.29, 1.82) is 0 Å². The van der Waals surface area contributed by atoms with Gasteiger partial charge in [0.1, 0.15) is 0 Å². The molecule has 0 unspecified atom stereocenters. The van der Waals surface area contributed by atoms with E-state index in [1.165, 1.54) is 19.1 Å². The zero-order chi connectivity index (χ0) is 13.8. The Balaban J connectivity index is 2.76. The van der Waals surface area contributed by atoms with Crippen LogP contribution in [0.3, 0.4) is 0 Å². The number of carbonyl (C=O) groups is 1. The molecule has 0 atom stereocenters. The summed E-state index contributed by atoms with van der Waals surface area (Å²) in [5.74, 6) is -1.18. The molecule has 7 heteroatoms. The smallest absolute Gasteiger partial charge is 0.416 e. The van der Waals surface area contributed by atoms with Crippen molar-refractivity contribution in [3.63, 3.8) is 0 Å². The quantitative estimate of drug-likeness (QED) is 0.669. The molecule has 98 valence electrons. The largest absolute Gasteiger partial charge is 0.479 e. The van der Waals surface area contributed by atoms with Crippen molar-refractivity contribution in [2.75, 3.05) is 6.61 Å². The summed E-state index contributed by atoms with van der Waals surface area (Å²) in [6, 6.07) is 4.33. The van der Waals surface area contributed by atoms with Crippen molar-refractivity contribution in [3.05, 3.63) is 35.4 Å². The fourth-order valence-corrected chi connectivity index (χ4v) is 1.14. The van der Waals surface area contributed by atoms with Crippen LogP contribution in [0.25, 0.3) is 0 Å². The molecule has 1 N–H and O–H groups in total. The Morgan fingerprint density at radius 3 is 2.33 bits per heavy atom. The van der Waals surface area contributed by atoms with Crippen LogP contribution in [0.4, 0.5) is 13.2 Å². The zero-order valence-electron chi connectivity index (χ0n) is 9.36. The first kappa shape index (κ1) is 14.0. The summed E-state index contributed by atoms with van der Waals surface area (Å²) in [6.45, 7) is 0.905. The van der Waals surface area contributed by atoms with E-state index >= 15 is 0 Å². The summed E-state index contributed by atoms with van der Waals surface area (Å²) >= 11 is 0. The Kier molecular flexibility index (Phi) is 4.30. The number of benzene rings is 1. The maximum atomic E-state index is 12.3. The minimum Gasteiger partial charge on any atom is -0.479 e. The first-order chi connectivity index (χ1) is 8.30. The lowest BCUT2D eigenvalue weighted by Gasteiger charge is -2.07. The van der Waals surface area contributed by atoms with Gasteiger partial charge in [-0.1, -0.05) is 17.3 Å². The van der Waals surface area contributed by atoms with Crippen LogP contribution in [0, 0.1) is 0 Å². The molecule has 0 aliphatic carbocycles. The number of carboxylic acids is 1. The zero-order valence-corrected chi connectivity index (χ0v) is 9.36. The van der Waals surface area contributed by atoms with Crippen LogP contribution < -0.4 is 0 Å². The summed E-state index contributed by atoms with van der Waals surface area (Å²) in [4.78, 5) is 14.6. The van der Waals surface area contributed by atoms with Crippen molar-refractivity contribution < 1.29 is 27.9 Å². The third kappa shape index (κ3) is 4.08. The van der Waals surface area contributed by atoms with Crippen LogP contribution in [0.5, 0.6) is 0 Å². The highest BCUT2D eigenvalue weighted by molar-refractivity contribution is 5.98. The van der Waals surface area contributed by atoms with E-state index in [0.29, 0.717) is 11.3 Å². The number of hydrogen-bond acceptors (Lipinski definition) is 3. The molecular weight excluding hydrogens is 251 g/mol. The van der Waals surface area contributed by atoms with E-state index in [4.69, 9.17) is 5.11 Å². The van der Waals surface area contributed by atoms with Gasteiger partial charge in [-0.05, 0) is 24.6 Å². The molecule has 1 aromatic carbocycles. The molecule has 0 bridgehead atoms. The minimum absolute atomic E-state index is 0.296. The molecular formula is C11H10F3NO3. The van der Waals surface area contributed by atoms with Crippen molar-refractivity contribution in [2.24, 2.45) is 5.16 Å². The van der Waals surface area contributed by atoms with E-state index < -0.39 is 24.3 Å². The van der Waals surface area contributed by atoms with E-state index in [9.17, 15) is 18.0 Å². The molecule has 0 amide bonds. The second-order valence-corrected chi connectivity index (χ2v) is 3.42. The molecule has 0 fully saturated rings. The summed E-state index contributed by atoms with van der Waals surface area (Å²) in [5.41, 5.74) is -0.0381. The van der Waals surface area contributed by atoms with Crippen LogP contribution in [0.15, 0.2) is 29.4 Å². The van der Waals surface area contributed by atoms with E-state index in [1.807, 2.05) is 0 Å². The van der Waals surface area contributed by atoms with Crippen LogP contribution >= 0.6 is 0 Å². The number of rotatable bonds is 4. The Hall–Kier alpha value is -2.05. The first-order valence-electron chi connectivity index (χ1n) is 4.86. The molecule has 0 saturated carbocycles. The molecule has 0 heterocycles. The number of aliphatic carboxylic acids is 1. The predicted octanol–water partition coefficient (Wildman–Crippen LogP) is 2.53. The molecule has 4 nitrogen and oxygen atoms in total. The van der Waals surface area contributed by atoms with E-state index in [1.54, 1.807) is 0 Å². The lowest BCUT2D eigenvalue weighted by atomic mass is 10.1. The summed E-state index contributed by atoms with van der Waals surface area (Å²) in [7, 11) is 0. The first-order valence-corrected chi connectivity index (χ1v) is 4.86. The number of carboxylic acid groups (broad SMARTS) is 1. The van der Waals surface area contributed by atoms with E-state index in [-0.39, 0.29) is 0 Å². The summed E-state index contributed by atoms with van der Waals surface area (Å²) in [5, 5.41) is 11.8. The fourth-order valence-electron chi connectivity index (χ4n) is 1.14. The van der Waals surface area contributed by atoms with Crippen molar-refractivity contribution in [1.82, 2.24) is 0 Å². The molecule has 18 heavy (non-hydrogen) atoms. The SMILES string of the molecule is C/C(=N\OCC(=O)O)c1ccc(C(F)(F)F)cc1. The van der Waals surface area contributed by atoms with Gasteiger partial charge in [0.15, 0.2) is 0 Å². The number of oxime groups is 1. The van der Waals surface area contributed by atoms with Gasteiger partial charge < -0.3 is 9.94 Å². The lowest BCUT2D eigenvalue weighted by Crippen LogP contribution is -2.07. The minimum atomic E-state index is -4.39. The van der Waals surface area contributed by atoms with Crippen molar-refractivity contribution >= 4 is 11.7 Å². The Morgan fingerprint density at radius 2 is 1.89 bits per heavy atom.